The molecule has 0 aliphatic heterocycles. The summed E-state index contributed by atoms with van der Waals surface area (Å²) in [5.41, 5.74) is -0.773. The Hall–Kier alpha value is -1.11. The highest BCUT2D eigenvalue weighted by atomic mass is 32.2. The van der Waals surface area contributed by atoms with Gasteiger partial charge in [0.15, 0.2) is 15.1 Å². The highest BCUT2D eigenvalue weighted by Crippen LogP contribution is 2.12. The molecule has 1 atom stereocenters. The van der Waals surface area contributed by atoms with E-state index in [1.807, 2.05) is 0 Å². The molecule has 6 nitrogen and oxygen atoms in total. The lowest BCUT2D eigenvalue weighted by Crippen LogP contribution is -2.37. The summed E-state index contributed by atoms with van der Waals surface area (Å²) in [6, 6.07) is 0. The van der Waals surface area contributed by atoms with Crippen LogP contribution in [0.3, 0.4) is 0 Å². The maximum absolute atomic E-state index is 11.7. The lowest BCUT2D eigenvalue weighted by molar-refractivity contribution is -0.153. The molecule has 0 spiro atoms. The van der Waals surface area contributed by atoms with Gasteiger partial charge < -0.3 is 9.47 Å². The summed E-state index contributed by atoms with van der Waals surface area (Å²) in [7, 11) is -3.90. The third-order valence-corrected chi connectivity index (χ3v) is 3.81. The zero-order valence-electron chi connectivity index (χ0n) is 11.3. The van der Waals surface area contributed by atoms with Crippen LogP contribution in [0, 0.1) is 0 Å². The minimum atomic E-state index is -3.90. The van der Waals surface area contributed by atoms with Crippen molar-refractivity contribution in [3.05, 3.63) is 0 Å². The van der Waals surface area contributed by atoms with Gasteiger partial charge in [0.05, 0.1) is 6.61 Å². The lowest BCUT2D eigenvalue weighted by atomic mass is 10.2. The van der Waals surface area contributed by atoms with Crippen molar-refractivity contribution in [3.63, 3.8) is 0 Å². The Balaban J connectivity index is 4.71. The SMILES string of the molecule is CCOC(=O)CS(=O)(=O)C(C)C(=O)OC(C)(C)C. The molecule has 0 aromatic carbocycles. The van der Waals surface area contributed by atoms with Gasteiger partial charge in [0.25, 0.3) is 0 Å². The number of hydrogen-bond acceptors (Lipinski definition) is 6. The average molecular weight is 280 g/mol. The normalized spacial score (nSPS) is 13.8. The van der Waals surface area contributed by atoms with Crippen molar-refractivity contribution in [3.8, 4) is 0 Å². The molecular formula is C11H20O6S. The second kappa shape index (κ2) is 6.17. The van der Waals surface area contributed by atoms with Crippen molar-refractivity contribution < 1.29 is 27.5 Å². The van der Waals surface area contributed by atoms with Gasteiger partial charge in [-0.3, -0.25) is 9.59 Å². The van der Waals surface area contributed by atoms with Gasteiger partial charge in [-0.1, -0.05) is 0 Å². The van der Waals surface area contributed by atoms with E-state index >= 15 is 0 Å². The number of ether oxygens (including phenoxy) is 2. The van der Waals surface area contributed by atoms with E-state index in [1.54, 1.807) is 27.7 Å². The summed E-state index contributed by atoms with van der Waals surface area (Å²) in [6.07, 6.45) is 0. The molecule has 0 amide bonds. The van der Waals surface area contributed by atoms with Crippen LogP contribution in [0.5, 0.6) is 0 Å². The van der Waals surface area contributed by atoms with Crippen molar-refractivity contribution in [2.45, 2.75) is 45.5 Å². The Kier molecular flexibility index (Phi) is 5.79. The molecule has 0 aromatic rings. The Morgan fingerprint density at radius 1 is 1.22 bits per heavy atom. The fraction of sp³-hybridized carbons (Fsp3) is 0.818. The first-order valence-corrected chi connectivity index (χ1v) is 7.31. The molecule has 7 heteroatoms. The summed E-state index contributed by atoms with van der Waals surface area (Å²) in [4.78, 5) is 22.7. The third kappa shape index (κ3) is 6.00. The number of carbonyl (C=O) groups is 2. The largest absolute Gasteiger partial charge is 0.465 e. The standard InChI is InChI=1S/C11H20O6S/c1-6-16-9(12)7-18(14,15)8(2)10(13)17-11(3,4)5/h8H,6-7H2,1-5H3. The molecule has 0 heterocycles. The van der Waals surface area contributed by atoms with Crippen LogP contribution >= 0.6 is 0 Å². The summed E-state index contributed by atoms with van der Waals surface area (Å²) in [6.45, 7) is 7.76. The van der Waals surface area contributed by atoms with Crippen LogP contribution in [-0.2, 0) is 28.9 Å². The summed E-state index contributed by atoms with van der Waals surface area (Å²) < 4.78 is 33.0. The Labute approximate surface area is 108 Å². The van der Waals surface area contributed by atoms with E-state index in [-0.39, 0.29) is 6.61 Å². The molecular weight excluding hydrogens is 260 g/mol. The fourth-order valence-electron chi connectivity index (χ4n) is 1.02. The second-order valence-electron chi connectivity index (χ2n) is 4.79. The van der Waals surface area contributed by atoms with Crippen LogP contribution in [-0.4, -0.2) is 43.6 Å². The smallest absolute Gasteiger partial charge is 0.324 e. The van der Waals surface area contributed by atoms with E-state index in [9.17, 15) is 18.0 Å². The van der Waals surface area contributed by atoms with Gasteiger partial charge in [0, 0.05) is 0 Å². The van der Waals surface area contributed by atoms with E-state index in [2.05, 4.69) is 4.74 Å². The molecule has 0 aromatic heterocycles. The van der Waals surface area contributed by atoms with Gasteiger partial charge in [0.1, 0.15) is 11.4 Å². The van der Waals surface area contributed by atoms with E-state index in [0.29, 0.717) is 0 Å². The summed E-state index contributed by atoms with van der Waals surface area (Å²) >= 11 is 0. The van der Waals surface area contributed by atoms with Crippen molar-refractivity contribution in [2.75, 3.05) is 12.4 Å². The Morgan fingerprint density at radius 3 is 2.11 bits per heavy atom. The van der Waals surface area contributed by atoms with Gasteiger partial charge in [-0.25, -0.2) is 8.42 Å². The second-order valence-corrected chi connectivity index (χ2v) is 7.11. The van der Waals surface area contributed by atoms with Gasteiger partial charge in [-0.05, 0) is 34.6 Å². The Bertz CT molecular complexity index is 404. The first kappa shape index (κ1) is 16.9. The van der Waals surface area contributed by atoms with Gasteiger partial charge >= 0.3 is 11.9 Å². The quantitative estimate of drug-likeness (QED) is 0.689. The number of hydrogen-bond donors (Lipinski definition) is 0. The number of sulfone groups is 1. The highest BCUT2D eigenvalue weighted by molar-refractivity contribution is 7.93. The monoisotopic (exact) mass is 280 g/mol. The minimum absolute atomic E-state index is 0.0924. The summed E-state index contributed by atoms with van der Waals surface area (Å²) in [5.74, 6) is -2.55. The zero-order valence-corrected chi connectivity index (χ0v) is 12.2. The van der Waals surface area contributed by atoms with E-state index in [4.69, 9.17) is 4.74 Å². The van der Waals surface area contributed by atoms with E-state index in [1.165, 1.54) is 6.92 Å². The number of rotatable bonds is 5. The van der Waals surface area contributed by atoms with Gasteiger partial charge in [-0.2, -0.15) is 0 Å². The van der Waals surface area contributed by atoms with Gasteiger partial charge in [0.2, 0.25) is 0 Å². The summed E-state index contributed by atoms with van der Waals surface area (Å²) in [5, 5.41) is -1.39. The molecule has 0 bridgehead atoms. The molecule has 0 aliphatic carbocycles. The van der Waals surface area contributed by atoms with Crippen LogP contribution in [0.4, 0.5) is 0 Å². The topological polar surface area (TPSA) is 86.7 Å². The van der Waals surface area contributed by atoms with E-state index in [0.717, 1.165) is 0 Å². The van der Waals surface area contributed by atoms with Crippen LogP contribution < -0.4 is 0 Å². The maximum atomic E-state index is 11.7. The van der Waals surface area contributed by atoms with E-state index < -0.39 is 38.4 Å². The van der Waals surface area contributed by atoms with Crippen LogP contribution in [0.25, 0.3) is 0 Å². The van der Waals surface area contributed by atoms with Crippen LogP contribution in [0.1, 0.15) is 34.6 Å². The van der Waals surface area contributed by atoms with Crippen molar-refractivity contribution in [1.29, 1.82) is 0 Å². The Morgan fingerprint density at radius 2 is 1.72 bits per heavy atom. The number of carbonyl (C=O) groups excluding carboxylic acids is 2. The first-order chi connectivity index (χ1) is 7.99. The van der Waals surface area contributed by atoms with Crippen molar-refractivity contribution >= 4 is 21.8 Å². The predicted molar refractivity (Wildman–Crippen MR) is 65.7 cm³/mol. The predicted octanol–water partition coefficient (Wildman–Crippen LogP) is 0.694. The fourth-order valence-corrected chi connectivity index (χ4v) is 2.03. The average Bonchev–Trinajstić information content (AvgIpc) is 2.13. The van der Waals surface area contributed by atoms with Crippen LogP contribution in [0.2, 0.25) is 0 Å². The molecule has 0 aliphatic rings. The maximum Gasteiger partial charge on any atom is 0.324 e. The molecule has 0 saturated heterocycles. The molecule has 18 heavy (non-hydrogen) atoms. The van der Waals surface area contributed by atoms with Crippen molar-refractivity contribution in [1.82, 2.24) is 0 Å². The molecule has 0 N–H and O–H groups in total. The lowest BCUT2D eigenvalue weighted by Gasteiger charge is -2.22. The first-order valence-electron chi connectivity index (χ1n) is 5.59. The molecule has 0 radical (unpaired) electrons. The minimum Gasteiger partial charge on any atom is -0.465 e. The van der Waals surface area contributed by atoms with Gasteiger partial charge in [-0.15, -0.1) is 0 Å². The molecule has 0 fully saturated rings. The third-order valence-electron chi connectivity index (χ3n) is 1.90. The van der Waals surface area contributed by atoms with Crippen LogP contribution in [0.15, 0.2) is 0 Å². The molecule has 0 saturated carbocycles. The number of esters is 2. The molecule has 1 unspecified atom stereocenters. The molecule has 0 rings (SSSR count). The highest BCUT2D eigenvalue weighted by Gasteiger charge is 2.34. The van der Waals surface area contributed by atoms with Crippen molar-refractivity contribution in [2.24, 2.45) is 0 Å². The molecule has 106 valence electrons. The zero-order chi connectivity index (χ0) is 14.6.